The zero-order chi connectivity index (χ0) is 14.8. The van der Waals surface area contributed by atoms with Crippen LogP contribution in [0.4, 0.5) is 0 Å². The molecule has 0 aliphatic carbocycles. The summed E-state index contributed by atoms with van der Waals surface area (Å²) in [7, 11) is 0. The Morgan fingerprint density at radius 1 is 0.762 bits per heavy atom. The number of rotatable bonds is 1. The molecule has 4 rings (SSSR count). The minimum atomic E-state index is -0.981. The molecule has 102 valence electrons. The number of carboxylic acids is 1. The van der Waals surface area contributed by atoms with Gasteiger partial charge in [-0.3, -0.25) is 0 Å². The second-order valence-corrected chi connectivity index (χ2v) is 4.83. The number of benzene rings is 4. The summed E-state index contributed by atoms with van der Waals surface area (Å²) in [4.78, 5) is 9.25. The van der Waals surface area contributed by atoms with Crippen LogP contribution < -0.4 is 0 Å². The highest BCUT2D eigenvalue weighted by molar-refractivity contribution is 6.22. The fourth-order valence-electron chi connectivity index (χ4n) is 2.67. The first-order valence-electron chi connectivity index (χ1n) is 6.68. The Morgan fingerprint density at radius 2 is 1.05 bits per heavy atom. The molecule has 0 fully saturated rings. The first kappa shape index (κ1) is 13.1. The van der Waals surface area contributed by atoms with E-state index in [9.17, 15) is 4.79 Å². The van der Waals surface area contributed by atoms with Crippen LogP contribution >= 0.6 is 0 Å². The van der Waals surface area contributed by atoms with Crippen molar-refractivity contribution < 1.29 is 9.90 Å². The topological polar surface area (TPSA) is 37.3 Å². The molecule has 4 aromatic rings. The van der Waals surface area contributed by atoms with Gasteiger partial charge in [0.1, 0.15) is 0 Å². The normalized spacial score (nSPS) is 10.5. The maximum atomic E-state index is 9.25. The highest BCUT2D eigenvalue weighted by Gasteiger charge is 2.05. The first-order chi connectivity index (χ1) is 10.2. The number of hydrogen-bond donors (Lipinski definition) is 1. The monoisotopic (exact) mass is 274 g/mol. The van der Waals surface area contributed by atoms with Gasteiger partial charge in [0.15, 0.2) is 0 Å². The molecule has 0 amide bonds. The van der Waals surface area contributed by atoms with E-state index in [1.807, 2.05) is 0 Å². The van der Waals surface area contributed by atoms with Gasteiger partial charge in [0, 0.05) is 6.08 Å². The maximum absolute atomic E-state index is 9.25. The van der Waals surface area contributed by atoms with Gasteiger partial charge in [-0.2, -0.15) is 0 Å². The van der Waals surface area contributed by atoms with Crippen molar-refractivity contribution in [2.45, 2.75) is 0 Å². The predicted molar refractivity (Wildman–Crippen MR) is 88.0 cm³/mol. The van der Waals surface area contributed by atoms with E-state index in [4.69, 9.17) is 5.11 Å². The zero-order valence-electron chi connectivity index (χ0n) is 11.4. The van der Waals surface area contributed by atoms with E-state index in [0.717, 1.165) is 6.08 Å². The third kappa shape index (κ3) is 2.32. The van der Waals surface area contributed by atoms with Crippen LogP contribution in [-0.2, 0) is 4.79 Å². The summed E-state index contributed by atoms with van der Waals surface area (Å²) >= 11 is 0. The van der Waals surface area contributed by atoms with E-state index in [-0.39, 0.29) is 0 Å². The lowest BCUT2D eigenvalue weighted by Crippen LogP contribution is -1.82. The van der Waals surface area contributed by atoms with Crippen LogP contribution in [0, 0.1) is 0 Å². The van der Waals surface area contributed by atoms with Crippen LogP contribution in [0.1, 0.15) is 0 Å². The molecule has 0 aromatic heterocycles. The summed E-state index contributed by atoms with van der Waals surface area (Å²) in [6.07, 6.45) is 0.833. The van der Waals surface area contributed by atoms with Gasteiger partial charge in [0.2, 0.25) is 0 Å². The second kappa shape index (κ2) is 5.25. The molecule has 0 spiro atoms. The molecule has 2 heteroatoms. The maximum Gasteiger partial charge on any atom is 0.327 e. The Morgan fingerprint density at radius 3 is 1.29 bits per heavy atom. The summed E-state index contributed by atoms with van der Waals surface area (Å²) in [5, 5.41) is 15.7. The standard InChI is InChI=1S/C16H10.C3H4O2/c1-3-11-7-9-13-5-2-6-14-10-8-12(4-1)15(11)16(13)14;1-2-3(4)5/h1-10H;2H,1H2,(H,4,5). The van der Waals surface area contributed by atoms with Crippen molar-refractivity contribution in [3.8, 4) is 0 Å². The lowest BCUT2D eigenvalue weighted by molar-refractivity contribution is -0.131. The van der Waals surface area contributed by atoms with Gasteiger partial charge in [0.25, 0.3) is 0 Å². The van der Waals surface area contributed by atoms with Crippen LogP contribution in [0.5, 0.6) is 0 Å². The van der Waals surface area contributed by atoms with Crippen molar-refractivity contribution in [3.05, 3.63) is 73.3 Å². The third-order valence-corrected chi connectivity index (χ3v) is 3.57. The fourth-order valence-corrected chi connectivity index (χ4v) is 2.67. The highest BCUT2D eigenvalue weighted by Crippen LogP contribution is 2.33. The van der Waals surface area contributed by atoms with Crippen LogP contribution in [0.2, 0.25) is 0 Å². The Balaban J connectivity index is 0.000000233. The number of hydrogen-bond acceptors (Lipinski definition) is 1. The van der Waals surface area contributed by atoms with Crippen molar-refractivity contribution in [2.24, 2.45) is 0 Å². The highest BCUT2D eigenvalue weighted by atomic mass is 16.4. The van der Waals surface area contributed by atoms with E-state index in [2.05, 4.69) is 67.2 Å². The fraction of sp³-hybridized carbons (Fsp3) is 0. The quantitative estimate of drug-likeness (QED) is 0.398. The van der Waals surface area contributed by atoms with Crippen LogP contribution in [0.25, 0.3) is 32.3 Å². The average Bonchev–Trinajstić information content (AvgIpc) is 2.53. The molecule has 0 radical (unpaired) electrons. The summed E-state index contributed by atoms with van der Waals surface area (Å²) in [5.74, 6) is -0.981. The molecular weight excluding hydrogens is 260 g/mol. The molecule has 0 saturated carbocycles. The van der Waals surface area contributed by atoms with Gasteiger partial charge in [-0.25, -0.2) is 4.79 Å². The van der Waals surface area contributed by atoms with Gasteiger partial charge in [-0.15, -0.1) is 0 Å². The lowest BCUT2D eigenvalue weighted by atomic mass is 9.95. The van der Waals surface area contributed by atoms with Gasteiger partial charge >= 0.3 is 5.97 Å². The number of carbonyl (C=O) groups is 1. The SMILES string of the molecule is C=CC(=O)O.c1cc2ccc3cccc4ccc(c1)c2c34. The third-order valence-electron chi connectivity index (χ3n) is 3.57. The zero-order valence-corrected chi connectivity index (χ0v) is 11.4. The van der Waals surface area contributed by atoms with E-state index < -0.39 is 5.97 Å². The van der Waals surface area contributed by atoms with E-state index >= 15 is 0 Å². The largest absolute Gasteiger partial charge is 0.478 e. The van der Waals surface area contributed by atoms with Crippen molar-refractivity contribution in [1.82, 2.24) is 0 Å². The molecule has 0 aliphatic rings. The molecule has 0 aliphatic heterocycles. The van der Waals surface area contributed by atoms with Crippen molar-refractivity contribution in [2.75, 3.05) is 0 Å². The van der Waals surface area contributed by atoms with Crippen LogP contribution in [0.15, 0.2) is 73.3 Å². The molecule has 0 bridgehead atoms. The summed E-state index contributed by atoms with van der Waals surface area (Å²) in [6, 6.07) is 21.9. The van der Waals surface area contributed by atoms with Gasteiger partial charge in [0.05, 0.1) is 0 Å². The van der Waals surface area contributed by atoms with Crippen LogP contribution in [0.3, 0.4) is 0 Å². The number of aliphatic carboxylic acids is 1. The minimum absolute atomic E-state index is 0.833. The Hall–Kier alpha value is -2.87. The van der Waals surface area contributed by atoms with Crippen LogP contribution in [-0.4, -0.2) is 11.1 Å². The Bertz CT molecular complexity index is 808. The summed E-state index contributed by atoms with van der Waals surface area (Å²) < 4.78 is 0. The molecule has 0 unspecified atom stereocenters. The second-order valence-electron chi connectivity index (χ2n) is 4.83. The number of carboxylic acid groups (broad SMARTS) is 1. The molecule has 1 N–H and O–H groups in total. The molecule has 21 heavy (non-hydrogen) atoms. The lowest BCUT2D eigenvalue weighted by Gasteiger charge is -2.09. The first-order valence-corrected chi connectivity index (χ1v) is 6.68. The molecular formula is C19H14O2. The van der Waals surface area contributed by atoms with Crippen molar-refractivity contribution >= 4 is 38.3 Å². The molecule has 0 saturated heterocycles. The predicted octanol–water partition coefficient (Wildman–Crippen LogP) is 4.84. The Labute approximate surface area is 122 Å². The van der Waals surface area contributed by atoms with Gasteiger partial charge < -0.3 is 5.11 Å². The van der Waals surface area contributed by atoms with Crippen molar-refractivity contribution in [1.29, 1.82) is 0 Å². The minimum Gasteiger partial charge on any atom is -0.478 e. The van der Waals surface area contributed by atoms with Gasteiger partial charge in [-0.05, 0) is 32.3 Å². The molecule has 2 nitrogen and oxygen atoms in total. The van der Waals surface area contributed by atoms with E-state index in [1.54, 1.807) is 0 Å². The van der Waals surface area contributed by atoms with E-state index in [0.29, 0.717) is 0 Å². The molecule has 0 heterocycles. The summed E-state index contributed by atoms with van der Waals surface area (Å²) in [6.45, 7) is 2.96. The van der Waals surface area contributed by atoms with Gasteiger partial charge in [-0.1, -0.05) is 67.2 Å². The molecule has 4 aromatic carbocycles. The van der Waals surface area contributed by atoms with E-state index in [1.165, 1.54) is 32.3 Å². The smallest absolute Gasteiger partial charge is 0.327 e. The summed E-state index contributed by atoms with van der Waals surface area (Å²) in [5.41, 5.74) is 0. The van der Waals surface area contributed by atoms with Crippen molar-refractivity contribution in [3.63, 3.8) is 0 Å². The molecule has 0 atom stereocenters. The Kier molecular flexibility index (Phi) is 3.28. The average molecular weight is 274 g/mol.